The lowest BCUT2D eigenvalue weighted by molar-refractivity contribution is -0.120. The number of rotatable bonds is 6. The number of carbonyl (C=O) groups excluding carboxylic acids is 1. The van der Waals surface area contributed by atoms with Crippen molar-refractivity contribution in [2.24, 2.45) is 13.0 Å². The van der Waals surface area contributed by atoms with Crippen LogP contribution in [0.5, 0.6) is 0 Å². The molecular weight excluding hydrogens is 240 g/mol. The SMILES string of the molecule is Cc1c(CNCC(=O)NCC(C)C)cc(C#N)n1C. The number of aromatic nitrogens is 1. The molecule has 0 unspecified atom stereocenters. The molecule has 0 saturated carbocycles. The van der Waals surface area contributed by atoms with Crippen LogP contribution in [0.4, 0.5) is 0 Å². The molecule has 0 fully saturated rings. The van der Waals surface area contributed by atoms with Crippen molar-refractivity contribution < 1.29 is 4.79 Å². The molecule has 5 heteroatoms. The summed E-state index contributed by atoms with van der Waals surface area (Å²) < 4.78 is 1.86. The zero-order chi connectivity index (χ0) is 14.4. The normalized spacial score (nSPS) is 10.5. The van der Waals surface area contributed by atoms with E-state index < -0.39 is 0 Å². The molecule has 0 bridgehead atoms. The van der Waals surface area contributed by atoms with Crippen molar-refractivity contribution in [3.8, 4) is 6.07 Å². The zero-order valence-corrected chi connectivity index (χ0v) is 12.1. The number of amides is 1. The van der Waals surface area contributed by atoms with Gasteiger partial charge in [0.2, 0.25) is 5.91 Å². The van der Waals surface area contributed by atoms with Crippen LogP contribution < -0.4 is 10.6 Å². The van der Waals surface area contributed by atoms with E-state index in [0.717, 1.165) is 11.3 Å². The minimum atomic E-state index is 0.00258. The second-order valence-corrected chi connectivity index (χ2v) is 5.11. The molecule has 0 radical (unpaired) electrons. The van der Waals surface area contributed by atoms with Crippen LogP contribution >= 0.6 is 0 Å². The van der Waals surface area contributed by atoms with Crippen LogP contribution in [0, 0.1) is 24.2 Å². The molecule has 1 aromatic heterocycles. The molecule has 19 heavy (non-hydrogen) atoms. The van der Waals surface area contributed by atoms with Gasteiger partial charge in [-0.2, -0.15) is 5.26 Å². The third kappa shape index (κ3) is 4.42. The minimum absolute atomic E-state index is 0.00258. The molecule has 0 aliphatic carbocycles. The molecule has 1 aromatic rings. The highest BCUT2D eigenvalue weighted by Gasteiger charge is 2.08. The average Bonchev–Trinajstić information content (AvgIpc) is 2.64. The largest absolute Gasteiger partial charge is 0.355 e. The topological polar surface area (TPSA) is 69.8 Å². The standard InChI is InChI=1S/C14H22N4O/c1-10(2)7-17-14(19)9-16-8-12-5-13(6-15)18(4)11(12)3/h5,10,16H,7-9H2,1-4H3,(H,17,19). The number of hydrogen-bond donors (Lipinski definition) is 2. The second-order valence-electron chi connectivity index (χ2n) is 5.11. The van der Waals surface area contributed by atoms with Crippen LogP contribution in [0.3, 0.4) is 0 Å². The van der Waals surface area contributed by atoms with Crippen molar-refractivity contribution in [3.63, 3.8) is 0 Å². The van der Waals surface area contributed by atoms with Crippen molar-refractivity contribution in [3.05, 3.63) is 23.0 Å². The Kier molecular flexibility index (Phi) is 5.58. The Morgan fingerprint density at radius 2 is 2.21 bits per heavy atom. The number of nitrogens with one attached hydrogen (secondary N) is 2. The van der Waals surface area contributed by atoms with Gasteiger partial charge in [-0.05, 0) is 24.5 Å². The summed E-state index contributed by atoms with van der Waals surface area (Å²) in [6.45, 7) is 7.68. The maximum atomic E-state index is 11.5. The van der Waals surface area contributed by atoms with Crippen LogP contribution in [-0.4, -0.2) is 23.6 Å². The van der Waals surface area contributed by atoms with Crippen LogP contribution in [0.15, 0.2) is 6.07 Å². The molecule has 0 aliphatic heterocycles. The van der Waals surface area contributed by atoms with Gasteiger partial charge in [0.1, 0.15) is 11.8 Å². The summed E-state index contributed by atoms with van der Waals surface area (Å²) in [6.07, 6.45) is 0. The molecule has 1 rings (SSSR count). The Labute approximate surface area is 114 Å². The zero-order valence-electron chi connectivity index (χ0n) is 12.1. The lowest BCUT2D eigenvalue weighted by atomic mass is 10.2. The Hall–Kier alpha value is -1.80. The maximum Gasteiger partial charge on any atom is 0.233 e. The Morgan fingerprint density at radius 1 is 1.53 bits per heavy atom. The molecule has 1 heterocycles. The van der Waals surface area contributed by atoms with E-state index in [9.17, 15) is 4.79 Å². The first-order valence-electron chi connectivity index (χ1n) is 6.48. The van der Waals surface area contributed by atoms with Gasteiger partial charge in [-0.15, -0.1) is 0 Å². The molecule has 0 atom stereocenters. The first kappa shape index (κ1) is 15.3. The molecular formula is C14H22N4O. The number of carbonyl (C=O) groups is 1. The summed E-state index contributed by atoms with van der Waals surface area (Å²) in [5, 5.41) is 14.9. The lowest BCUT2D eigenvalue weighted by Gasteiger charge is -2.08. The van der Waals surface area contributed by atoms with E-state index in [1.807, 2.05) is 24.6 Å². The smallest absolute Gasteiger partial charge is 0.233 e. The van der Waals surface area contributed by atoms with E-state index in [0.29, 0.717) is 31.2 Å². The monoisotopic (exact) mass is 262 g/mol. The Morgan fingerprint density at radius 3 is 2.74 bits per heavy atom. The van der Waals surface area contributed by atoms with Crippen molar-refractivity contribution in [1.29, 1.82) is 5.26 Å². The molecule has 0 saturated heterocycles. The van der Waals surface area contributed by atoms with E-state index in [1.54, 1.807) is 0 Å². The van der Waals surface area contributed by atoms with Crippen molar-refractivity contribution in [2.75, 3.05) is 13.1 Å². The number of nitrogens with zero attached hydrogens (tertiary/aromatic N) is 2. The van der Waals surface area contributed by atoms with Gasteiger partial charge in [0.05, 0.1) is 6.54 Å². The van der Waals surface area contributed by atoms with E-state index in [1.165, 1.54) is 0 Å². The van der Waals surface area contributed by atoms with Gasteiger partial charge in [-0.25, -0.2) is 0 Å². The van der Waals surface area contributed by atoms with E-state index >= 15 is 0 Å². The third-order valence-electron chi connectivity index (χ3n) is 3.06. The molecule has 5 nitrogen and oxygen atoms in total. The van der Waals surface area contributed by atoms with Crippen LogP contribution in [0.2, 0.25) is 0 Å². The van der Waals surface area contributed by atoms with E-state index in [-0.39, 0.29) is 5.91 Å². The third-order valence-corrected chi connectivity index (χ3v) is 3.06. The number of hydrogen-bond acceptors (Lipinski definition) is 3. The van der Waals surface area contributed by atoms with Crippen LogP contribution in [-0.2, 0) is 18.4 Å². The fraction of sp³-hybridized carbons (Fsp3) is 0.571. The van der Waals surface area contributed by atoms with Gasteiger partial charge in [0, 0.05) is 25.8 Å². The fourth-order valence-electron chi connectivity index (χ4n) is 1.74. The summed E-state index contributed by atoms with van der Waals surface area (Å²) in [5.41, 5.74) is 2.74. The summed E-state index contributed by atoms with van der Waals surface area (Å²) >= 11 is 0. The molecule has 1 amide bonds. The highest BCUT2D eigenvalue weighted by molar-refractivity contribution is 5.77. The van der Waals surface area contributed by atoms with Crippen molar-refractivity contribution in [1.82, 2.24) is 15.2 Å². The summed E-state index contributed by atoms with van der Waals surface area (Å²) in [6, 6.07) is 4.00. The van der Waals surface area contributed by atoms with Crippen molar-refractivity contribution in [2.45, 2.75) is 27.3 Å². The van der Waals surface area contributed by atoms with Gasteiger partial charge >= 0.3 is 0 Å². The van der Waals surface area contributed by atoms with E-state index in [2.05, 4.69) is 30.6 Å². The maximum absolute atomic E-state index is 11.5. The minimum Gasteiger partial charge on any atom is -0.355 e. The van der Waals surface area contributed by atoms with Crippen LogP contribution in [0.25, 0.3) is 0 Å². The van der Waals surface area contributed by atoms with Gasteiger partial charge in [0.15, 0.2) is 0 Å². The average molecular weight is 262 g/mol. The van der Waals surface area contributed by atoms with Gasteiger partial charge in [0.25, 0.3) is 0 Å². The van der Waals surface area contributed by atoms with Gasteiger partial charge < -0.3 is 15.2 Å². The molecule has 0 aliphatic rings. The number of nitriles is 1. The lowest BCUT2D eigenvalue weighted by Crippen LogP contribution is -2.35. The first-order chi connectivity index (χ1) is 8.95. The fourth-order valence-corrected chi connectivity index (χ4v) is 1.74. The quantitative estimate of drug-likeness (QED) is 0.805. The van der Waals surface area contributed by atoms with Gasteiger partial charge in [-0.1, -0.05) is 13.8 Å². The predicted molar refractivity (Wildman–Crippen MR) is 74.4 cm³/mol. The Balaban J connectivity index is 2.42. The van der Waals surface area contributed by atoms with E-state index in [4.69, 9.17) is 5.26 Å². The summed E-state index contributed by atoms with van der Waals surface area (Å²) in [5.74, 6) is 0.460. The molecule has 0 spiro atoms. The van der Waals surface area contributed by atoms with Crippen molar-refractivity contribution >= 4 is 5.91 Å². The molecule has 2 N–H and O–H groups in total. The highest BCUT2D eigenvalue weighted by Crippen LogP contribution is 2.12. The molecule has 104 valence electrons. The summed E-state index contributed by atoms with van der Waals surface area (Å²) in [7, 11) is 1.87. The Bertz CT molecular complexity index is 482. The summed E-state index contributed by atoms with van der Waals surface area (Å²) in [4.78, 5) is 11.5. The highest BCUT2D eigenvalue weighted by atomic mass is 16.1. The first-order valence-corrected chi connectivity index (χ1v) is 6.48. The van der Waals surface area contributed by atoms with Gasteiger partial charge in [-0.3, -0.25) is 4.79 Å². The predicted octanol–water partition coefficient (Wildman–Crippen LogP) is 1.07. The molecule has 0 aromatic carbocycles. The van der Waals surface area contributed by atoms with Crippen LogP contribution in [0.1, 0.15) is 30.8 Å². The second kappa shape index (κ2) is 6.95.